The highest BCUT2D eigenvalue weighted by Crippen LogP contribution is 2.30. The number of anilines is 1. The van der Waals surface area contributed by atoms with E-state index in [-0.39, 0.29) is 0 Å². The van der Waals surface area contributed by atoms with Gasteiger partial charge in [0, 0.05) is 30.2 Å². The van der Waals surface area contributed by atoms with Gasteiger partial charge < -0.3 is 5.32 Å². The largest absolute Gasteiger partial charge is 0.388 e. The van der Waals surface area contributed by atoms with Gasteiger partial charge in [-0.2, -0.15) is 0 Å². The number of nitrogens with zero attached hydrogens (tertiary/aromatic N) is 1. The van der Waals surface area contributed by atoms with Gasteiger partial charge in [-0.25, -0.2) is 0 Å². The Bertz CT molecular complexity index is 606. The van der Waals surface area contributed by atoms with Crippen LogP contribution in [0.15, 0.2) is 35.7 Å². The van der Waals surface area contributed by atoms with Crippen molar-refractivity contribution in [1.29, 1.82) is 0 Å². The maximum absolute atomic E-state index is 3.36. The second-order valence-electron chi connectivity index (χ2n) is 6.46. The Labute approximate surface area is 144 Å². The quantitative estimate of drug-likeness (QED) is 0.799. The molecule has 0 radical (unpaired) electrons. The molecule has 1 aromatic heterocycles. The average molecular weight is 329 g/mol. The lowest BCUT2D eigenvalue weighted by Gasteiger charge is -2.35. The predicted molar refractivity (Wildman–Crippen MR) is 102 cm³/mol. The molecule has 1 aromatic carbocycles. The van der Waals surface area contributed by atoms with Gasteiger partial charge in [-0.15, -0.1) is 11.3 Å². The van der Waals surface area contributed by atoms with E-state index in [2.05, 4.69) is 52.9 Å². The third-order valence-corrected chi connectivity index (χ3v) is 5.91. The van der Waals surface area contributed by atoms with Crippen molar-refractivity contribution < 1.29 is 0 Å². The molecule has 2 aromatic rings. The Morgan fingerprint density at radius 3 is 2.87 bits per heavy atom. The molecule has 0 unspecified atom stereocenters. The van der Waals surface area contributed by atoms with Crippen LogP contribution in [0.5, 0.6) is 0 Å². The minimum atomic E-state index is 0.703. The summed E-state index contributed by atoms with van der Waals surface area (Å²) < 4.78 is 0. The van der Waals surface area contributed by atoms with Crippen molar-refractivity contribution in [3.63, 3.8) is 0 Å². The number of benzene rings is 1. The molecule has 2 nitrogen and oxygen atoms in total. The van der Waals surface area contributed by atoms with Crippen molar-refractivity contribution in [1.82, 2.24) is 4.90 Å². The molecule has 0 aliphatic heterocycles. The third kappa shape index (κ3) is 3.96. The molecule has 0 spiro atoms. The molecule has 3 rings (SSSR count). The molecule has 124 valence electrons. The minimum absolute atomic E-state index is 0.703. The topological polar surface area (TPSA) is 15.3 Å². The van der Waals surface area contributed by atoms with Crippen molar-refractivity contribution in [2.24, 2.45) is 0 Å². The molecular weight excluding hydrogens is 300 g/mol. The van der Waals surface area contributed by atoms with E-state index in [9.17, 15) is 0 Å². The van der Waals surface area contributed by atoms with Crippen molar-refractivity contribution in [3.8, 4) is 0 Å². The number of rotatable bonds is 7. The first kappa shape index (κ1) is 16.5. The Hall–Kier alpha value is -1.32. The van der Waals surface area contributed by atoms with Gasteiger partial charge in [0.05, 0.1) is 0 Å². The summed E-state index contributed by atoms with van der Waals surface area (Å²) in [4.78, 5) is 4.24. The second-order valence-corrected chi connectivity index (χ2v) is 7.49. The normalized spacial score (nSPS) is 17.3. The molecule has 1 aliphatic rings. The molecule has 0 amide bonds. The van der Waals surface area contributed by atoms with Crippen LogP contribution in [0.25, 0.3) is 0 Å². The highest BCUT2D eigenvalue weighted by Gasteiger charge is 2.24. The van der Waals surface area contributed by atoms with E-state index in [1.54, 1.807) is 11.1 Å². The molecule has 0 fully saturated rings. The zero-order valence-electron chi connectivity index (χ0n) is 14.3. The number of thiophene rings is 1. The summed E-state index contributed by atoms with van der Waals surface area (Å²) >= 11 is 1.89. The number of fused-ring (bicyclic) bond motifs is 1. The smallest absolute Gasteiger partial charge is 0.0372 e. The summed E-state index contributed by atoms with van der Waals surface area (Å²) in [5.41, 5.74) is 4.41. The Morgan fingerprint density at radius 2 is 2.13 bits per heavy atom. The van der Waals surface area contributed by atoms with E-state index in [0.29, 0.717) is 6.04 Å². The molecule has 1 heterocycles. The first-order chi connectivity index (χ1) is 11.3. The Morgan fingerprint density at radius 1 is 1.22 bits per heavy atom. The molecular formula is C20H28N2S. The van der Waals surface area contributed by atoms with Gasteiger partial charge in [0.1, 0.15) is 0 Å². The van der Waals surface area contributed by atoms with Crippen LogP contribution in [0.4, 0.5) is 5.69 Å². The van der Waals surface area contributed by atoms with E-state index in [4.69, 9.17) is 0 Å². The maximum Gasteiger partial charge on any atom is 0.0372 e. The number of hydrogen-bond donors (Lipinski definition) is 1. The van der Waals surface area contributed by atoms with Gasteiger partial charge in [-0.05, 0) is 67.3 Å². The van der Waals surface area contributed by atoms with Crippen LogP contribution in [0.2, 0.25) is 0 Å². The number of nitrogens with one attached hydrogen (secondary N) is 1. The van der Waals surface area contributed by atoms with Crippen molar-refractivity contribution in [3.05, 3.63) is 51.7 Å². The first-order valence-corrected chi connectivity index (χ1v) is 9.74. The first-order valence-electron chi connectivity index (χ1n) is 8.86. The molecule has 1 atom stereocenters. The van der Waals surface area contributed by atoms with Crippen LogP contribution in [0.3, 0.4) is 0 Å². The Balaban J connectivity index is 1.68. The molecule has 1 aliphatic carbocycles. The van der Waals surface area contributed by atoms with Crippen molar-refractivity contribution >= 4 is 17.0 Å². The summed E-state index contributed by atoms with van der Waals surface area (Å²) in [6, 6.07) is 11.9. The molecule has 23 heavy (non-hydrogen) atoms. The summed E-state index contributed by atoms with van der Waals surface area (Å²) in [5.74, 6) is 0. The van der Waals surface area contributed by atoms with Crippen LogP contribution in [-0.2, 0) is 19.3 Å². The minimum Gasteiger partial charge on any atom is -0.388 e. The fourth-order valence-electron chi connectivity index (χ4n) is 3.81. The monoisotopic (exact) mass is 328 g/mol. The van der Waals surface area contributed by atoms with E-state index in [0.717, 1.165) is 0 Å². The van der Waals surface area contributed by atoms with E-state index in [1.807, 2.05) is 18.4 Å². The van der Waals surface area contributed by atoms with Gasteiger partial charge in [0.2, 0.25) is 0 Å². The highest BCUT2D eigenvalue weighted by atomic mass is 32.1. The van der Waals surface area contributed by atoms with Gasteiger partial charge in [-0.1, -0.05) is 25.1 Å². The molecule has 3 heteroatoms. The van der Waals surface area contributed by atoms with Gasteiger partial charge in [0.25, 0.3) is 0 Å². The van der Waals surface area contributed by atoms with Gasteiger partial charge >= 0.3 is 0 Å². The van der Waals surface area contributed by atoms with Crippen LogP contribution < -0.4 is 5.32 Å². The van der Waals surface area contributed by atoms with Crippen molar-refractivity contribution in [2.45, 2.75) is 45.1 Å². The third-order valence-electron chi connectivity index (χ3n) is 4.98. The fraction of sp³-hybridized carbons (Fsp3) is 0.500. The van der Waals surface area contributed by atoms with Crippen LogP contribution in [0, 0.1) is 0 Å². The van der Waals surface area contributed by atoms with E-state index < -0.39 is 0 Å². The van der Waals surface area contributed by atoms with Gasteiger partial charge in [0.15, 0.2) is 0 Å². The second kappa shape index (κ2) is 7.98. The zero-order chi connectivity index (χ0) is 16.1. The molecule has 0 saturated carbocycles. The highest BCUT2D eigenvalue weighted by molar-refractivity contribution is 7.09. The number of hydrogen-bond acceptors (Lipinski definition) is 3. The van der Waals surface area contributed by atoms with Crippen molar-refractivity contribution in [2.75, 3.05) is 25.5 Å². The summed E-state index contributed by atoms with van der Waals surface area (Å²) in [6.07, 6.45) is 6.13. The summed E-state index contributed by atoms with van der Waals surface area (Å²) in [5, 5.41) is 5.55. The predicted octanol–water partition coefficient (Wildman–Crippen LogP) is 4.60. The van der Waals surface area contributed by atoms with Crippen LogP contribution >= 0.6 is 11.3 Å². The SMILES string of the molecule is CCCN(CCc1cccs1)[C@H]1CCc2c(cccc2NC)C1. The standard InChI is InChI=1S/C20H28N2S/c1-3-12-22(13-11-18-7-5-14-23-18)17-9-10-19-16(15-17)6-4-8-20(19)21-2/h4-8,14,17,21H,3,9-13,15H2,1-2H3/t17-/m0/s1. The lowest BCUT2D eigenvalue weighted by molar-refractivity contribution is 0.182. The zero-order valence-corrected chi connectivity index (χ0v) is 15.2. The van der Waals surface area contributed by atoms with E-state index >= 15 is 0 Å². The molecule has 1 N–H and O–H groups in total. The van der Waals surface area contributed by atoms with Crippen LogP contribution in [0.1, 0.15) is 35.8 Å². The molecule has 0 saturated heterocycles. The van der Waals surface area contributed by atoms with Gasteiger partial charge in [-0.3, -0.25) is 4.90 Å². The fourth-order valence-corrected chi connectivity index (χ4v) is 4.50. The Kier molecular flexibility index (Phi) is 5.74. The summed E-state index contributed by atoms with van der Waals surface area (Å²) in [7, 11) is 2.03. The van der Waals surface area contributed by atoms with E-state index in [1.165, 1.54) is 55.8 Å². The maximum atomic E-state index is 3.36. The summed E-state index contributed by atoms with van der Waals surface area (Å²) in [6.45, 7) is 4.71. The lowest BCUT2D eigenvalue weighted by Crippen LogP contribution is -2.41. The lowest BCUT2D eigenvalue weighted by atomic mass is 9.86. The molecule has 0 bridgehead atoms. The average Bonchev–Trinajstić information content (AvgIpc) is 3.11. The van der Waals surface area contributed by atoms with Crippen LogP contribution in [-0.4, -0.2) is 31.1 Å².